The first kappa shape index (κ1) is 26.4. The van der Waals surface area contributed by atoms with E-state index in [1.54, 1.807) is 37.1 Å². The summed E-state index contributed by atoms with van der Waals surface area (Å²) in [5, 5.41) is 2.97. The van der Waals surface area contributed by atoms with E-state index in [0.717, 1.165) is 29.7 Å². The van der Waals surface area contributed by atoms with E-state index in [2.05, 4.69) is 15.0 Å². The van der Waals surface area contributed by atoms with Crippen LogP contribution in [0.3, 0.4) is 0 Å². The van der Waals surface area contributed by atoms with Crippen LogP contribution < -0.4 is 14.8 Å². The van der Waals surface area contributed by atoms with Gasteiger partial charge in [0, 0.05) is 13.1 Å². The number of thiocarbonyl (C=S) groups is 1. The molecule has 10 heteroatoms. The van der Waals surface area contributed by atoms with Crippen LogP contribution in [0.5, 0.6) is 5.75 Å². The molecule has 0 radical (unpaired) electrons. The molecule has 2 aromatic carbocycles. The smallest absolute Gasteiger partial charge is 0.277 e. The lowest BCUT2D eigenvalue weighted by Crippen LogP contribution is -2.39. The van der Waals surface area contributed by atoms with E-state index in [1.165, 1.54) is 12.1 Å². The number of unbranched alkanes of at least 4 members (excludes halogenated alkanes) is 1. The van der Waals surface area contributed by atoms with Crippen molar-refractivity contribution < 1.29 is 17.9 Å². The standard InChI is InChI=1S/C25H30N4O4S2/c1-4-5-15-26-25(34)28-35(31,32)22-12-8-19(9-13-22)14-16-29-18(2)27-23(24(29)30)17-20-6-10-21(33-3)11-7-20/h6-13,17H,4-5,14-16H2,1-3H3,(H2,26,28,34)/b23-17-. The third kappa shape index (κ3) is 7.12. The molecule has 0 spiro atoms. The summed E-state index contributed by atoms with van der Waals surface area (Å²) in [6, 6.07) is 13.9. The van der Waals surface area contributed by atoms with Gasteiger partial charge in [0.15, 0.2) is 5.11 Å². The van der Waals surface area contributed by atoms with Gasteiger partial charge in [-0.15, -0.1) is 0 Å². The number of amidine groups is 1. The molecule has 8 nitrogen and oxygen atoms in total. The molecule has 2 aromatic rings. The van der Waals surface area contributed by atoms with Crippen LogP contribution in [0, 0.1) is 0 Å². The number of hydrogen-bond donors (Lipinski definition) is 2. The molecule has 2 N–H and O–H groups in total. The Balaban J connectivity index is 1.58. The predicted molar refractivity (Wildman–Crippen MR) is 142 cm³/mol. The second-order valence-corrected chi connectivity index (χ2v) is 10.1. The van der Waals surface area contributed by atoms with E-state index in [9.17, 15) is 13.2 Å². The summed E-state index contributed by atoms with van der Waals surface area (Å²) in [5.41, 5.74) is 2.14. The number of amides is 1. The summed E-state index contributed by atoms with van der Waals surface area (Å²) in [6.45, 7) is 4.89. The fourth-order valence-electron chi connectivity index (χ4n) is 3.46. The minimum Gasteiger partial charge on any atom is -0.497 e. The Labute approximate surface area is 212 Å². The van der Waals surface area contributed by atoms with Crippen molar-refractivity contribution >= 4 is 45.2 Å². The van der Waals surface area contributed by atoms with Gasteiger partial charge in [0.1, 0.15) is 17.3 Å². The maximum atomic E-state index is 12.9. The van der Waals surface area contributed by atoms with Gasteiger partial charge >= 0.3 is 0 Å². The molecule has 0 atom stereocenters. The molecule has 1 amide bonds. The van der Waals surface area contributed by atoms with Crippen molar-refractivity contribution in [3.8, 4) is 5.75 Å². The summed E-state index contributed by atoms with van der Waals surface area (Å²) in [7, 11) is -2.15. The van der Waals surface area contributed by atoms with Crippen LogP contribution in [-0.4, -0.2) is 50.4 Å². The summed E-state index contributed by atoms with van der Waals surface area (Å²) in [6.07, 6.45) is 4.19. The number of nitrogens with one attached hydrogen (secondary N) is 2. The molecular formula is C25H30N4O4S2. The predicted octanol–water partition coefficient (Wildman–Crippen LogP) is 3.49. The maximum Gasteiger partial charge on any atom is 0.277 e. The van der Waals surface area contributed by atoms with Gasteiger partial charge in [0.25, 0.3) is 15.9 Å². The zero-order valence-corrected chi connectivity index (χ0v) is 21.7. The quantitative estimate of drug-likeness (QED) is 0.286. The van der Waals surface area contributed by atoms with Gasteiger partial charge in [-0.05, 0) is 73.5 Å². The Hall–Kier alpha value is -3.24. The number of ether oxygens (including phenoxy) is 1. The van der Waals surface area contributed by atoms with Gasteiger partial charge in [-0.25, -0.2) is 13.4 Å². The van der Waals surface area contributed by atoms with E-state index in [1.807, 2.05) is 31.2 Å². The Bertz CT molecular complexity index is 1220. The second-order valence-electron chi connectivity index (χ2n) is 8.03. The van der Waals surface area contributed by atoms with E-state index in [-0.39, 0.29) is 15.9 Å². The number of carbonyl (C=O) groups excluding carboxylic acids is 1. The van der Waals surface area contributed by atoms with Crippen molar-refractivity contribution in [2.24, 2.45) is 4.99 Å². The summed E-state index contributed by atoms with van der Waals surface area (Å²) in [4.78, 5) is 19.0. The van der Waals surface area contributed by atoms with Crippen LogP contribution >= 0.6 is 12.2 Å². The highest BCUT2D eigenvalue weighted by atomic mass is 32.2. The van der Waals surface area contributed by atoms with Crippen molar-refractivity contribution in [1.29, 1.82) is 0 Å². The first-order valence-corrected chi connectivity index (χ1v) is 13.2. The number of rotatable bonds is 10. The van der Waals surface area contributed by atoms with Gasteiger partial charge in [-0.1, -0.05) is 37.6 Å². The van der Waals surface area contributed by atoms with E-state index in [4.69, 9.17) is 17.0 Å². The lowest BCUT2D eigenvalue weighted by atomic mass is 10.1. The molecule has 0 aliphatic carbocycles. The zero-order chi connectivity index (χ0) is 25.4. The van der Waals surface area contributed by atoms with Crippen molar-refractivity contribution in [3.63, 3.8) is 0 Å². The van der Waals surface area contributed by atoms with Crippen LogP contribution in [0.25, 0.3) is 6.08 Å². The highest BCUT2D eigenvalue weighted by Gasteiger charge is 2.27. The molecule has 1 heterocycles. The topological polar surface area (TPSA) is 100 Å². The summed E-state index contributed by atoms with van der Waals surface area (Å²) < 4.78 is 32.6. The molecule has 0 aromatic heterocycles. The monoisotopic (exact) mass is 514 g/mol. The summed E-state index contributed by atoms with van der Waals surface area (Å²) in [5.74, 6) is 1.21. The number of hydrogen-bond acceptors (Lipinski definition) is 6. The second kappa shape index (κ2) is 11.9. The van der Waals surface area contributed by atoms with Gasteiger partial charge < -0.3 is 10.1 Å². The highest BCUT2D eigenvalue weighted by Crippen LogP contribution is 2.21. The fraction of sp³-hybridized carbons (Fsp3) is 0.320. The maximum absolute atomic E-state index is 12.9. The van der Waals surface area contributed by atoms with Crippen LogP contribution in [-0.2, 0) is 21.2 Å². The molecule has 3 rings (SSSR count). The minimum absolute atomic E-state index is 0.0864. The molecule has 1 aliphatic heterocycles. The number of nitrogens with zero attached hydrogens (tertiary/aromatic N) is 2. The first-order chi connectivity index (χ1) is 16.7. The Morgan fingerprint density at radius 1 is 1.14 bits per heavy atom. The SMILES string of the molecule is CCCCNC(=S)NS(=O)(=O)c1ccc(CCN2C(=O)/C(=C/c3ccc(OC)cc3)N=C2C)cc1. The van der Waals surface area contributed by atoms with Crippen LogP contribution in [0.2, 0.25) is 0 Å². The molecule has 0 saturated heterocycles. The van der Waals surface area contributed by atoms with Crippen molar-refractivity contribution in [1.82, 2.24) is 14.9 Å². The van der Waals surface area contributed by atoms with Crippen molar-refractivity contribution in [2.45, 2.75) is 38.0 Å². The van der Waals surface area contributed by atoms with E-state index >= 15 is 0 Å². The largest absolute Gasteiger partial charge is 0.497 e. The van der Waals surface area contributed by atoms with Crippen LogP contribution in [0.4, 0.5) is 0 Å². The molecule has 186 valence electrons. The van der Waals surface area contributed by atoms with Gasteiger partial charge in [-0.2, -0.15) is 0 Å². The molecule has 35 heavy (non-hydrogen) atoms. The normalized spacial score (nSPS) is 14.7. The van der Waals surface area contributed by atoms with Gasteiger partial charge in [0.05, 0.1) is 12.0 Å². The lowest BCUT2D eigenvalue weighted by Gasteiger charge is -2.16. The van der Waals surface area contributed by atoms with Gasteiger partial charge in [0.2, 0.25) is 0 Å². The zero-order valence-electron chi connectivity index (χ0n) is 20.1. The van der Waals surface area contributed by atoms with Crippen LogP contribution in [0.15, 0.2) is 64.1 Å². The Morgan fingerprint density at radius 2 is 1.83 bits per heavy atom. The van der Waals surface area contributed by atoms with E-state index in [0.29, 0.717) is 31.0 Å². The molecule has 1 aliphatic rings. The minimum atomic E-state index is -3.76. The average molecular weight is 515 g/mol. The number of aliphatic imine (C=N–C) groups is 1. The average Bonchev–Trinajstić information content (AvgIpc) is 3.10. The number of carbonyl (C=O) groups is 1. The van der Waals surface area contributed by atoms with Crippen molar-refractivity contribution in [2.75, 3.05) is 20.2 Å². The highest BCUT2D eigenvalue weighted by molar-refractivity contribution is 7.91. The van der Waals surface area contributed by atoms with E-state index < -0.39 is 10.0 Å². The number of benzene rings is 2. The molecule has 0 bridgehead atoms. The number of methoxy groups -OCH3 is 1. The molecule has 0 fully saturated rings. The number of sulfonamides is 1. The van der Waals surface area contributed by atoms with Crippen LogP contribution in [0.1, 0.15) is 37.8 Å². The first-order valence-electron chi connectivity index (χ1n) is 11.4. The lowest BCUT2D eigenvalue weighted by molar-refractivity contribution is -0.122. The van der Waals surface area contributed by atoms with Crippen molar-refractivity contribution in [3.05, 3.63) is 65.4 Å². The van der Waals surface area contributed by atoms with Gasteiger partial charge in [-0.3, -0.25) is 14.4 Å². The Morgan fingerprint density at radius 3 is 2.46 bits per heavy atom. The third-order valence-corrected chi connectivity index (χ3v) is 7.20. The molecular weight excluding hydrogens is 484 g/mol. The third-order valence-electron chi connectivity index (χ3n) is 5.46. The molecule has 0 unspecified atom stereocenters. The molecule has 0 saturated carbocycles. The fourth-order valence-corrected chi connectivity index (χ4v) is 4.81. The summed E-state index contributed by atoms with van der Waals surface area (Å²) >= 11 is 5.07. The Kier molecular flexibility index (Phi) is 9.00.